The molecule has 4 heteroatoms. The normalized spacial score (nSPS) is 11.0. The maximum atomic E-state index is 14.0. The van der Waals surface area contributed by atoms with Crippen LogP contribution in [-0.4, -0.2) is 6.04 Å². The smallest absolute Gasteiger partial charge is 0.166 e. The van der Waals surface area contributed by atoms with Crippen molar-refractivity contribution in [2.45, 2.75) is 33.4 Å². The van der Waals surface area contributed by atoms with Crippen LogP contribution in [0.25, 0.3) is 0 Å². The summed E-state index contributed by atoms with van der Waals surface area (Å²) in [7, 11) is 0. The van der Waals surface area contributed by atoms with Crippen LogP contribution in [0.3, 0.4) is 0 Å². The van der Waals surface area contributed by atoms with Crippen molar-refractivity contribution < 1.29 is 13.5 Å². The number of ether oxygens (including phenoxy) is 1. The van der Waals surface area contributed by atoms with Crippen molar-refractivity contribution in [2.24, 2.45) is 0 Å². The van der Waals surface area contributed by atoms with Gasteiger partial charge in [0.1, 0.15) is 11.6 Å². The molecule has 21 heavy (non-hydrogen) atoms. The lowest BCUT2D eigenvalue weighted by Gasteiger charge is -2.11. The second-order valence-corrected chi connectivity index (χ2v) is 5.31. The van der Waals surface area contributed by atoms with Crippen LogP contribution in [0.5, 0.6) is 11.5 Å². The van der Waals surface area contributed by atoms with Gasteiger partial charge < -0.3 is 10.1 Å². The number of hydrogen-bond acceptors (Lipinski definition) is 2. The van der Waals surface area contributed by atoms with Gasteiger partial charge in [0.05, 0.1) is 0 Å². The Kier molecular flexibility index (Phi) is 4.91. The van der Waals surface area contributed by atoms with E-state index in [1.165, 1.54) is 18.2 Å². The van der Waals surface area contributed by atoms with Gasteiger partial charge in [0, 0.05) is 12.6 Å². The van der Waals surface area contributed by atoms with Crippen molar-refractivity contribution >= 4 is 0 Å². The molecule has 0 heterocycles. The summed E-state index contributed by atoms with van der Waals surface area (Å²) >= 11 is 0. The Morgan fingerprint density at radius 2 is 1.81 bits per heavy atom. The van der Waals surface area contributed by atoms with Gasteiger partial charge in [-0.1, -0.05) is 19.9 Å². The molecule has 1 N–H and O–H groups in total. The van der Waals surface area contributed by atoms with Crippen molar-refractivity contribution in [1.29, 1.82) is 0 Å². The van der Waals surface area contributed by atoms with Crippen LogP contribution in [0.4, 0.5) is 8.78 Å². The third-order valence-electron chi connectivity index (χ3n) is 3.07. The fraction of sp³-hybridized carbons (Fsp3) is 0.294. The molecule has 0 aliphatic heterocycles. The van der Waals surface area contributed by atoms with Gasteiger partial charge in [-0.25, -0.2) is 8.78 Å². The summed E-state index contributed by atoms with van der Waals surface area (Å²) in [6.45, 7) is 6.30. The van der Waals surface area contributed by atoms with E-state index >= 15 is 0 Å². The largest absolute Gasteiger partial charge is 0.454 e. The minimum absolute atomic E-state index is 0.134. The molecule has 112 valence electrons. The van der Waals surface area contributed by atoms with E-state index in [0.717, 1.165) is 5.56 Å². The second kappa shape index (κ2) is 6.68. The van der Waals surface area contributed by atoms with Crippen LogP contribution in [0, 0.1) is 18.6 Å². The van der Waals surface area contributed by atoms with Gasteiger partial charge in [0.2, 0.25) is 0 Å². The molecule has 0 aromatic heterocycles. The highest BCUT2D eigenvalue weighted by Crippen LogP contribution is 2.26. The Morgan fingerprint density at radius 3 is 2.43 bits per heavy atom. The molecule has 0 aliphatic rings. The molecular weight excluding hydrogens is 272 g/mol. The molecule has 2 rings (SSSR count). The first kappa shape index (κ1) is 15.4. The van der Waals surface area contributed by atoms with Crippen molar-refractivity contribution in [1.82, 2.24) is 5.32 Å². The number of nitrogens with one attached hydrogen (secondary N) is 1. The molecule has 2 aromatic carbocycles. The summed E-state index contributed by atoms with van der Waals surface area (Å²) in [6, 6.07) is 9.52. The molecule has 0 radical (unpaired) electrons. The zero-order valence-electron chi connectivity index (χ0n) is 12.4. The minimum atomic E-state index is -0.431. The molecule has 0 bridgehead atoms. The first-order valence-corrected chi connectivity index (χ1v) is 6.91. The summed E-state index contributed by atoms with van der Waals surface area (Å²) in [6.07, 6.45) is 0. The quantitative estimate of drug-likeness (QED) is 0.871. The molecular formula is C17H19F2NO. The molecule has 0 fully saturated rings. The number of aryl methyl sites for hydroxylation is 1. The Balaban J connectivity index is 2.11. The van der Waals surface area contributed by atoms with Crippen molar-refractivity contribution in [3.8, 4) is 11.5 Å². The van der Waals surface area contributed by atoms with Gasteiger partial charge >= 0.3 is 0 Å². The summed E-state index contributed by atoms with van der Waals surface area (Å²) in [5.41, 5.74) is 1.31. The molecule has 0 amide bonds. The van der Waals surface area contributed by atoms with E-state index in [9.17, 15) is 8.78 Å². The summed E-state index contributed by atoms with van der Waals surface area (Å²) < 4.78 is 32.7. The molecule has 0 spiro atoms. The first-order chi connectivity index (χ1) is 9.95. The Morgan fingerprint density at radius 1 is 1.05 bits per heavy atom. The first-order valence-electron chi connectivity index (χ1n) is 6.91. The third kappa shape index (κ3) is 4.26. The van der Waals surface area contributed by atoms with E-state index in [1.54, 1.807) is 19.1 Å². The van der Waals surface area contributed by atoms with E-state index in [0.29, 0.717) is 23.9 Å². The highest BCUT2D eigenvalue weighted by atomic mass is 19.1. The van der Waals surface area contributed by atoms with E-state index in [4.69, 9.17) is 4.74 Å². The van der Waals surface area contributed by atoms with Gasteiger partial charge in [-0.15, -0.1) is 0 Å². The number of benzene rings is 2. The highest BCUT2D eigenvalue weighted by molar-refractivity contribution is 5.36. The van der Waals surface area contributed by atoms with Crippen LogP contribution >= 0.6 is 0 Å². The highest BCUT2D eigenvalue weighted by Gasteiger charge is 2.08. The topological polar surface area (TPSA) is 21.3 Å². The van der Waals surface area contributed by atoms with Gasteiger partial charge in [-0.3, -0.25) is 0 Å². The van der Waals surface area contributed by atoms with Crippen molar-refractivity contribution in [2.75, 3.05) is 0 Å². The number of halogens is 2. The van der Waals surface area contributed by atoms with Crippen molar-refractivity contribution in [3.63, 3.8) is 0 Å². The number of rotatable bonds is 5. The van der Waals surface area contributed by atoms with Crippen LogP contribution in [0.2, 0.25) is 0 Å². The lowest BCUT2D eigenvalue weighted by molar-refractivity contribution is 0.439. The molecule has 0 saturated carbocycles. The molecule has 0 unspecified atom stereocenters. The zero-order valence-corrected chi connectivity index (χ0v) is 12.4. The fourth-order valence-electron chi connectivity index (χ4n) is 1.87. The predicted octanol–water partition coefficient (Wildman–Crippen LogP) is 4.56. The summed E-state index contributed by atoms with van der Waals surface area (Å²) in [4.78, 5) is 0. The van der Waals surface area contributed by atoms with E-state index in [1.807, 2.05) is 19.9 Å². The maximum absolute atomic E-state index is 14.0. The summed E-state index contributed by atoms with van der Waals surface area (Å²) in [5, 5.41) is 3.22. The Hall–Kier alpha value is -1.94. The monoisotopic (exact) mass is 291 g/mol. The van der Waals surface area contributed by atoms with Crippen LogP contribution in [0.1, 0.15) is 25.0 Å². The van der Waals surface area contributed by atoms with E-state index < -0.39 is 5.82 Å². The molecule has 0 atom stereocenters. The fourth-order valence-corrected chi connectivity index (χ4v) is 1.87. The summed E-state index contributed by atoms with van der Waals surface area (Å²) in [5.74, 6) is -0.187. The lowest BCUT2D eigenvalue weighted by Crippen LogP contribution is -2.21. The zero-order chi connectivity index (χ0) is 15.4. The predicted molar refractivity (Wildman–Crippen MR) is 79.6 cm³/mol. The molecule has 0 aliphatic carbocycles. The average Bonchev–Trinajstić information content (AvgIpc) is 2.43. The van der Waals surface area contributed by atoms with Gasteiger partial charge in [-0.2, -0.15) is 0 Å². The van der Waals surface area contributed by atoms with Gasteiger partial charge in [0.15, 0.2) is 11.6 Å². The molecule has 0 saturated heterocycles. The molecule has 2 aromatic rings. The minimum Gasteiger partial charge on any atom is -0.454 e. The average molecular weight is 291 g/mol. The lowest BCUT2D eigenvalue weighted by atomic mass is 10.2. The van der Waals surface area contributed by atoms with E-state index in [-0.39, 0.29) is 11.6 Å². The number of hydrogen-bond donors (Lipinski definition) is 1. The Labute approximate surface area is 123 Å². The molecule has 2 nitrogen and oxygen atoms in total. The third-order valence-corrected chi connectivity index (χ3v) is 3.07. The standard InChI is InChI=1S/C17H19F2NO/c1-11(2)20-10-13-4-7-17(16(19)9-13)21-14-5-6-15(18)12(3)8-14/h4-9,11,20H,10H2,1-3H3. The van der Waals surface area contributed by atoms with E-state index in [2.05, 4.69) is 5.32 Å². The van der Waals surface area contributed by atoms with Crippen LogP contribution < -0.4 is 10.1 Å². The van der Waals surface area contributed by atoms with Gasteiger partial charge in [0.25, 0.3) is 0 Å². The second-order valence-electron chi connectivity index (χ2n) is 5.31. The van der Waals surface area contributed by atoms with Crippen molar-refractivity contribution in [3.05, 3.63) is 59.2 Å². The maximum Gasteiger partial charge on any atom is 0.166 e. The van der Waals surface area contributed by atoms with Crippen LogP contribution in [-0.2, 0) is 6.54 Å². The SMILES string of the molecule is Cc1cc(Oc2ccc(CNC(C)C)cc2F)ccc1F. The van der Waals surface area contributed by atoms with Crippen LogP contribution in [0.15, 0.2) is 36.4 Å². The van der Waals surface area contributed by atoms with Gasteiger partial charge in [-0.05, 0) is 48.4 Å². The Bertz CT molecular complexity index is 626.